The van der Waals surface area contributed by atoms with Crippen LogP contribution in [0.2, 0.25) is 0 Å². The number of amides is 1. The predicted molar refractivity (Wildman–Crippen MR) is 131 cm³/mol. The number of hydrogen-bond donors (Lipinski definition) is 2. The third-order valence-electron chi connectivity index (χ3n) is 7.95. The van der Waals surface area contributed by atoms with Crippen molar-refractivity contribution in [3.05, 3.63) is 66.1 Å². The number of carbonyl (C=O) groups excluding carboxylic acids is 1. The second-order valence-corrected chi connectivity index (χ2v) is 10.4. The average molecular weight is 477 g/mol. The molecule has 0 bridgehead atoms. The van der Waals surface area contributed by atoms with Gasteiger partial charge < -0.3 is 24.5 Å². The van der Waals surface area contributed by atoms with E-state index in [0.717, 1.165) is 35.0 Å². The Hall–Kier alpha value is -3.32. The molecule has 1 amide bonds. The Balaban J connectivity index is 1.33. The molecular formula is C28H29FN2O4. The van der Waals surface area contributed by atoms with E-state index in [0.29, 0.717) is 30.9 Å². The molecule has 6 rings (SSSR count). The lowest BCUT2D eigenvalue weighted by molar-refractivity contribution is -0.118. The number of halogens is 1. The molecule has 2 aliphatic carbocycles. The lowest BCUT2D eigenvalue weighted by Gasteiger charge is -2.19. The number of carbonyl (C=O) groups is 1. The van der Waals surface area contributed by atoms with E-state index in [-0.39, 0.29) is 36.3 Å². The predicted octanol–water partition coefficient (Wildman–Crippen LogP) is 5.03. The molecule has 182 valence electrons. The Morgan fingerprint density at radius 2 is 1.97 bits per heavy atom. The van der Waals surface area contributed by atoms with E-state index >= 15 is 4.39 Å². The smallest absolute Gasteiger partial charge is 0.235 e. The molecule has 2 aromatic carbocycles. The number of aliphatic hydroxyl groups is 1. The highest BCUT2D eigenvalue weighted by atomic mass is 19.1. The van der Waals surface area contributed by atoms with Gasteiger partial charge in [0, 0.05) is 35.0 Å². The zero-order chi connectivity index (χ0) is 24.4. The number of rotatable bonds is 8. The largest absolute Gasteiger partial charge is 0.454 e. The van der Waals surface area contributed by atoms with Crippen molar-refractivity contribution in [2.24, 2.45) is 5.92 Å². The van der Waals surface area contributed by atoms with Crippen LogP contribution in [0.15, 0.2) is 49.1 Å². The maximum absolute atomic E-state index is 15.3. The molecule has 0 spiro atoms. The van der Waals surface area contributed by atoms with Crippen molar-refractivity contribution in [1.82, 2.24) is 4.57 Å². The fourth-order valence-corrected chi connectivity index (χ4v) is 5.17. The maximum Gasteiger partial charge on any atom is 0.235 e. The van der Waals surface area contributed by atoms with Gasteiger partial charge in [0.05, 0.1) is 23.2 Å². The number of anilines is 1. The van der Waals surface area contributed by atoms with E-state index in [1.54, 1.807) is 12.1 Å². The van der Waals surface area contributed by atoms with E-state index < -0.39 is 11.2 Å². The summed E-state index contributed by atoms with van der Waals surface area (Å²) in [6.07, 6.45) is 5.29. The molecule has 2 saturated carbocycles. The molecule has 3 aliphatic rings. The molecule has 3 aromatic rings. The van der Waals surface area contributed by atoms with Gasteiger partial charge in [0.1, 0.15) is 5.82 Å². The number of nitrogens with zero attached hydrogens (tertiary/aromatic N) is 1. The first-order valence-electron chi connectivity index (χ1n) is 12.2. The van der Waals surface area contributed by atoms with E-state index in [1.807, 2.05) is 18.2 Å². The van der Waals surface area contributed by atoms with Gasteiger partial charge in [-0.15, -0.1) is 6.58 Å². The molecule has 0 saturated heterocycles. The number of hydrogen-bond acceptors (Lipinski definition) is 4. The minimum atomic E-state index is -0.681. The Labute approximate surface area is 203 Å². The van der Waals surface area contributed by atoms with Crippen LogP contribution in [0.5, 0.6) is 11.5 Å². The second kappa shape index (κ2) is 7.85. The monoisotopic (exact) mass is 476 g/mol. The fraction of sp³-hybridized carbons (Fsp3) is 0.393. The van der Waals surface area contributed by atoms with E-state index in [2.05, 4.69) is 29.5 Å². The van der Waals surface area contributed by atoms with Crippen LogP contribution in [0.25, 0.3) is 10.9 Å². The molecule has 0 radical (unpaired) electrons. The summed E-state index contributed by atoms with van der Waals surface area (Å²) < 4.78 is 28.3. The molecule has 2 N–H and O–H groups in total. The van der Waals surface area contributed by atoms with Crippen LogP contribution >= 0.6 is 0 Å². The molecule has 1 atom stereocenters. The van der Waals surface area contributed by atoms with E-state index in [4.69, 9.17) is 9.47 Å². The summed E-state index contributed by atoms with van der Waals surface area (Å²) in [6.45, 7) is 6.73. The summed E-state index contributed by atoms with van der Waals surface area (Å²) in [5, 5.41) is 13.5. The number of fused-ring (bicyclic) bond motifs is 2. The van der Waals surface area contributed by atoms with Gasteiger partial charge in [-0.25, -0.2) is 4.39 Å². The topological polar surface area (TPSA) is 72.7 Å². The van der Waals surface area contributed by atoms with Crippen molar-refractivity contribution >= 4 is 22.5 Å². The minimum absolute atomic E-state index is 0.0160. The lowest BCUT2D eigenvalue weighted by atomic mass is 9.94. The minimum Gasteiger partial charge on any atom is -0.454 e. The lowest BCUT2D eigenvalue weighted by Crippen LogP contribution is -2.28. The molecule has 0 unspecified atom stereocenters. The molecule has 6 nitrogen and oxygen atoms in total. The number of ether oxygens (including phenoxy) is 2. The molecule has 2 heterocycles. The molecule has 1 aromatic heterocycles. The van der Waals surface area contributed by atoms with Crippen LogP contribution < -0.4 is 14.8 Å². The van der Waals surface area contributed by atoms with Crippen molar-refractivity contribution in [3.63, 3.8) is 0 Å². The first kappa shape index (κ1) is 22.2. The average Bonchev–Trinajstić information content (AvgIpc) is 3.74. The number of nitrogens with one attached hydrogen (secondary N) is 1. The fourth-order valence-electron chi connectivity index (χ4n) is 5.17. The van der Waals surface area contributed by atoms with Crippen molar-refractivity contribution < 1.29 is 23.8 Å². The number of aliphatic hydroxyl groups excluding tert-OH is 1. The van der Waals surface area contributed by atoms with Crippen LogP contribution in [0, 0.1) is 11.7 Å². The summed E-state index contributed by atoms with van der Waals surface area (Å²) in [5.41, 5.74) is 2.31. The van der Waals surface area contributed by atoms with E-state index in [9.17, 15) is 9.90 Å². The van der Waals surface area contributed by atoms with Gasteiger partial charge in [-0.3, -0.25) is 4.79 Å². The van der Waals surface area contributed by atoms with Gasteiger partial charge in [-0.05, 0) is 55.5 Å². The highest BCUT2D eigenvalue weighted by Crippen LogP contribution is 2.52. The Bertz CT molecular complexity index is 1350. The van der Waals surface area contributed by atoms with Crippen molar-refractivity contribution in [3.8, 4) is 11.5 Å². The van der Waals surface area contributed by atoms with Gasteiger partial charge in [-0.1, -0.05) is 19.1 Å². The standard InChI is InChI=1S/C28H29FN2O4/c1-3-17(15-32)14-31-22-13-20(29)21(10-18(22)11-25(31)27(2)6-7-27)30-26(33)28(8-9-28)19-4-5-23-24(12-19)35-16-34-23/h3-5,10-13,17,32H,1,6-9,14-16H2,2H3,(H,30,33)/t17-/m0/s1. The van der Waals surface area contributed by atoms with Crippen LogP contribution in [0.3, 0.4) is 0 Å². The summed E-state index contributed by atoms with van der Waals surface area (Å²) in [4.78, 5) is 13.4. The Morgan fingerprint density at radius 3 is 2.66 bits per heavy atom. The van der Waals surface area contributed by atoms with Gasteiger partial charge in [0.25, 0.3) is 0 Å². The normalized spacial score (nSPS) is 19.4. The van der Waals surface area contributed by atoms with Gasteiger partial charge in [0.15, 0.2) is 11.5 Å². The van der Waals surface area contributed by atoms with Crippen molar-refractivity contribution in [2.45, 2.75) is 50.0 Å². The van der Waals surface area contributed by atoms with Crippen molar-refractivity contribution in [2.75, 3.05) is 18.7 Å². The summed E-state index contributed by atoms with van der Waals surface area (Å²) in [7, 11) is 0. The van der Waals surface area contributed by atoms with Crippen molar-refractivity contribution in [1.29, 1.82) is 0 Å². The summed E-state index contributed by atoms with van der Waals surface area (Å²) in [6, 6.07) is 10.9. The Kier molecular flexibility index (Phi) is 4.97. The van der Waals surface area contributed by atoms with Crippen LogP contribution in [-0.2, 0) is 22.2 Å². The molecule has 1 aliphatic heterocycles. The maximum atomic E-state index is 15.3. The second-order valence-electron chi connectivity index (χ2n) is 10.4. The SMILES string of the molecule is C=C[C@H](CO)Cn1c(C2(C)CC2)cc2cc(NC(=O)C3(c4ccc5c(c4)OCO5)CC3)c(F)cc21. The van der Waals surface area contributed by atoms with E-state index in [1.165, 1.54) is 6.07 Å². The first-order valence-corrected chi connectivity index (χ1v) is 12.2. The first-order chi connectivity index (χ1) is 16.9. The van der Waals surface area contributed by atoms with Crippen LogP contribution in [0.4, 0.5) is 10.1 Å². The summed E-state index contributed by atoms with van der Waals surface area (Å²) >= 11 is 0. The molecule has 7 heteroatoms. The zero-order valence-electron chi connectivity index (χ0n) is 19.8. The molecule has 2 fully saturated rings. The van der Waals surface area contributed by atoms with Gasteiger partial charge >= 0.3 is 0 Å². The number of benzene rings is 2. The molecular weight excluding hydrogens is 447 g/mol. The van der Waals surface area contributed by atoms with Gasteiger partial charge in [0.2, 0.25) is 12.7 Å². The summed E-state index contributed by atoms with van der Waals surface area (Å²) in [5.74, 6) is 0.502. The highest BCUT2D eigenvalue weighted by molar-refractivity contribution is 6.03. The van der Waals surface area contributed by atoms with Crippen LogP contribution in [0.1, 0.15) is 43.9 Å². The van der Waals surface area contributed by atoms with Gasteiger partial charge in [-0.2, -0.15) is 0 Å². The number of aromatic nitrogens is 1. The Morgan fingerprint density at radius 1 is 1.20 bits per heavy atom. The highest BCUT2D eigenvalue weighted by Gasteiger charge is 2.52. The van der Waals surface area contributed by atoms with Crippen LogP contribution in [-0.4, -0.2) is 29.0 Å². The zero-order valence-corrected chi connectivity index (χ0v) is 19.8. The third kappa shape index (κ3) is 3.60. The third-order valence-corrected chi connectivity index (χ3v) is 7.95. The molecule has 35 heavy (non-hydrogen) atoms. The quantitative estimate of drug-likeness (QED) is 0.448.